The molecular weight excluding hydrogens is 406 g/mol. The fraction of sp³-hybridized carbons (Fsp3) is 0.500. The van der Waals surface area contributed by atoms with Crippen LogP contribution in [0.1, 0.15) is 63.1 Å². The van der Waals surface area contributed by atoms with Crippen molar-refractivity contribution in [1.82, 2.24) is 4.90 Å². The van der Waals surface area contributed by atoms with E-state index in [-0.39, 0.29) is 30.3 Å². The largest absolute Gasteiger partial charge is 0.468 e. The third-order valence-electron chi connectivity index (χ3n) is 4.62. The highest BCUT2D eigenvalue weighted by molar-refractivity contribution is 8.05. The molecule has 0 aliphatic carbocycles. The van der Waals surface area contributed by atoms with Gasteiger partial charge in [-0.15, -0.1) is 11.8 Å². The van der Waals surface area contributed by atoms with Crippen LogP contribution in [0, 0.1) is 0 Å². The second-order valence-electron chi connectivity index (χ2n) is 7.59. The summed E-state index contributed by atoms with van der Waals surface area (Å²) in [5.41, 5.74) is 3.01. The Kier molecular flexibility index (Phi) is 8.28. The van der Waals surface area contributed by atoms with Crippen molar-refractivity contribution in [3.8, 4) is 5.75 Å². The van der Waals surface area contributed by atoms with Gasteiger partial charge in [0.05, 0.1) is 7.11 Å². The molecule has 0 N–H and O–H groups in total. The van der Waals surface area contributed by atoms with Gasteiger partial charge < -0.3 is 14.4 Å². The summed E-state index contributed by atoms with van der Waals surface area (Å²) in [5, 5.41) is 0. The lowest BCUT2D eigenvalue weighted by Gasteiger charge is -2.30. The number of methoxy groups -OCH3 is 1. The van der Waals surface area contributed by atoms with Crippen molar-refractivity contribution in [2.24, 2.45) is 0 Å². The Morgan fingerprint density at radius 1 is 1.21 bits per heavy atom. The summed E-state index contributed by atoms with van der Waals surface area (Å²) < 4.78 is 10.4. The van der Waals surface area contributed by atoms with Gasteiger partial charge in [-0.3, -0.25) is 9.59 Å². The number of benzene rings is 1. The minimum absolute atomic E-state index is 0.160. The quantitative estimate of drug-likeness (QED) is 0.277. The highest BCUT2D eigenvalue weighted by Crippen LogP contribution is 2.37. The van der Waals surface area contributed by atoms with Crippen molar-refractivity contribution in [3.05, 3.63) is 33.7 Å². The molecule has 1 aromatic rings. The molecule has 1 heterocycles. The van der Waals surface area contributed by atoms with Gasteiger partial charge in [0.25, 0.3) is 0 Å². The molecule has 0 spiro atoms. The maximum atomic E-state index is 11.7. The van der Waals surface area contributed by atoms with E-state index < -0.39 is 0 Å². The number of nitrogens with zero attached hydrogens (tertiary/aromatic N) is 1. The summed E-state index contributed by atoms with van der Waals surface area (Å²) in [5.74, 6) is 1.29. The molecule has 0 radical (unpaired) electrons. The van der Waals surface area contributed by atoms with E-state index in [1.807, 2.05) is 4.90 Å². The Balaban J connectivity index is 2.47. The van der Waals surface area contributed by atoms with E-state index in [9.17, 15) is 9.59 Å². The topological polar surface area (TPSA) is 55.8 Å². The summed E-state index contributed by atoms with van der Waals surface area (Å²) in [6.07, 6.45) is 2.06. The molecule has 1 aliphatic rings. The molecule has 1 aromatic carbocycles. The number of carbonyl (C=O) groups is 2. The molecule has 0 saturated carbocycles. The van der Waals surface area contributed by atoms with Crippen molar-refractivity contribution < 1.29 is 19.1 Å². The minimum atomic E-state index is -0.317. The van der Waals surface area contributed by atoms with E-state index >= 15 is 0 Å². The first-order chi connectivity index (χ1) is 13.6. The lowest BCUT2D eigenvalue weighted by molar-refractivity contribution is -0.141. The first-order valence-corrected chi connectivity index (χ1v) is 11.1. The Hall–Kier alpha value is -1.86. The van der Waals surface area contributed by atoms with Gasteiger partial charge in [0.2, 0.25) is 0 Å². The molecule has 1 aliphatic heterocycles. The van der Waals surface area contributed by atoms with Crippen LogP contribution in [0.2, 0.25) is 0 Å². The van der Waals surface area contributed by atoms with Gasteiger partial charge in [0.15, 0.2) is 0 Å². The number of esters is 2. The average Bonchev–Trinajstić information content (AvgIpc) is 2.64. The average molecular weight is 436 g/mol. The second-order valence-corrected chi connectivity index (χ2v) is 9.11. The van der Waals surface area contributed by atoms with E-state index in [0.717, 1.165) is 33.9 Å². The van der Waals surface area contributed by atoms with Crippen LogP contribution in [-0.2, 0) is 14.3 Å². The Morgan fingerprint density at radius 2 is 1.79 bits per heavy atom. The smallest absolute Gasteiger partial charge is 0.325 e. The number of thiocarbonyl (C=S) groups is 1. The van der Waals surface area contributed by atoms with Gasteiger partial charge in [-0.2, -0.15) is 0 Å². The first kappa shape index (κ1) is 23.4. The summed E-state index contributed by atoms with van der Waals surface area (Å²) in [6.45, 7) is 10.6. The van der Waals surface area contributed by atoms with Crippen molar-refractivity contribution in [2.75, 3.05) is 26.0 Å². The molecule has 1 fully saturated rings. The fourth-order valence-corrected chi connectivity index (χ4v) is 4.51. The van der Waals surface area contributed by atoms with Crippen LogP contribution in [0.5, 0.6) is 5.75 Å². The maximum absolute atomic E-state index is 11.7. The molecule has 1 saturated heterocycles. The van der Waals surface area contributed by atoms with Gasteiger partial charge >= 0.3 is 11.9 Å². The zero-order valence-electron chi connectivity index (χ0n) is 17.9. The van der Waals surface area contributed by atoms with Crippen LogP contribution in [0.25, 0.3) is 6.08 Å². The fourth-order valence-electron chi connectivity index (χ4n) is 3.11. The van der Waals surface area contributed by atoms with Crippen molar-refractivity contribution >= 4 is 47.0 Å². The maximum Gasteiger partial charge on any atom is 0.325 e. The molecular formula is C22H29NO4S2. The standard InChI is InChI=1S/C22H29NO4S2/c1-13(2)17-9-16(10-18(14(3)4)21(17)27-15(5)24)11-19-22(28)23(7-8-29-19)12-20(25)26-6/h9-11,13-14H,7-8,12H2,1-6H3/b19-11+. The van der Waals surface area contributed by atoms with E-state index in [2.05, 4.69) is 45.9 Å². The monoisotopic (exact) mass is 435 g/mol. The van der Waals surface area contributed by atoms with Crippen LogP contribution in [0.15, 0.2) is 17.0 Å². The molecule has 5 nitrogen and oxygen atoms in total. The Bertz CT molecular complexity index is 801. The van der Waals surface area contributed by atoms with Gasteiger partial charge in [-0.25, -0.2) is 0 Å². The van der Waals surface area contributed by atoms with Gasteiger partial charge in [0, 0.05) is 24.1 Å². The summed E-state index contributed by atoms with van der Waals surface area (Å²) >= 11 is 7.31. The number of ether oxygens (including phenoxy) is 2. The molecule has 0 bridgehead atoms. The van der Waals surface area contributed by atoms with Crippen LogP contribution in [0.3, 0.4) is 0 Å². The lowest BCUT2D eigenvalue weighted by Crippen LogP contribution is -2.39. The number of carbonyl (C=O) groups excluding carboxylic acids is 2. The predicted octanol–water partition coefficient (Wildman–Crippen LogP) is 4.75. The molecule has 7 heteroatoms. The molecule has 0 unspecified atom stereocenters. The number of hydrogen-bond acceptors (Lipinski definition) is 6. The third kappa shape index (κ3) is 6.06. The van der Waals surface area contributed by atoms with Crippen LogP contribution < -0.4 is 4.74 Å². The summed E-state index contributed by atoms with van der Waals surface area (Å²) in [4.78, 5) is 26.8. The SMILES string of the molecule is COC(=O)CN1CCS/C(=C/c2cc(C(C)C)c(OC(C)=O)c(C(C)C)c2)C1=S. The summed E-state index contributed by atoms with van der Waals surface area (Å²) in [6, 6.07) is 4.12. The molecule has 0 atom stereocenters. The van der Waals surface area contributed by atoms with Crippen LogP contribution in [-0.4, -0.2) is 47.8 Å². The van der Waals surface area contributed by atoms with Crippen molar-refractivity contribution in [3.63, 3.8) is 0 Å². The normalized spacial score (nSPS) is 15.9. The number of thioether (sulfide) groups is 1. The zero-order valence-corrected chi connectivity index (χ0v) is 19.5. The Morgan fingerprint density at radius 3 is 2.28 bits per heavy atom. The van der Waals surface area contributed by atoms with Crippen LogP contribution >= 0.6 is 24.0 Å². The molecule has 0 aromatic heterocycles. The van der Waals surface area contributed by atoms with E-state index in [0.29, 0.717) is 10.7 Å². The first-order valence-electron chi connectivity index (χ1n) is 9.70. The highest BCUT2D eigenvalue weighted by atomic mass is 32.2. The van der Waals surface area contributed by atoms with E-state index in [4.69, 9.17) is 21.7 Å². The zero-order chi connectivity index (χ0) is 21.7. The molecule has 0 amide bonds. The van der Waals surface area contributed by atoms with Gasteiger partial charge in [-0.05, 0) is 46.7 Å². The predicted molar refractivity (Wildman–Crippen MR) is 123 cm³/mol. The second kappa shape index (κ2) is 10.3. The highest BCUT2D eigenvalue weighted by Gasteiger charge is 2.24. The number of hydrogen-bond donors (Lipinski definition) is 0. The van der Waals surface area contributed by atoms with Crippen LogP contribution in [0.4, 0.5) is 0 Å². The van der Waals surface area contributed by atoms with Gasteiger partial charge in [0.1, 0.15) is 17.3 Å². The minimum Gasteiger partial charge on any atom is -0.468 e. The molecule has 2 rings (SSSR count). The third-order valence-corrected chi connectivity index (χ3v) is 6.24. The molecule has 29 heavy (non-hydrogen) atoms. The van der Waals surface area contributed by atoms with Crippen molar-refractivity contribution in [2.45, 2.75) is 46.5 Å². The number of rotatable bonds is 6. The Labute approximate surface area is 182 Å². The van der Waals surface area contributed by atoms with E-state index in [1.54, 1.807) is 11.8 Å². The van der Waals surface area contributed by atoms with Crippen molar-refractivity contribution in [1.29, 1.82) is 0 Å². The van der Waals surface area contributed by atoms with Gasteiger partial charge in [-0.1, -0.05) is 39.9 Å². The summed E-state index contributed by atoms with van der Waals surface area (Å²) in [7, 11) is 1.38. The lowest BCUT2D eigenvalue weighted by atomic mass is 9.91. The van der Waals surface area contributed by atoms with E-state index in [1.165, 1.54) is 14.0 Å². The molecule has 158 valence electrons.